The molecule has 7 atom stereocenters. The maximum atomic E-state index is 4.24. The first-order valence-corrected chi connectivity index (χ1v) is 46.8. The molecular weight excluding hydrogens is 1600 g/mol. The first-order valence-electron chi connectivity index (χ1n) is 46.8. The number of para-hydroxylation sites is 2. The van der Waals surface area contributed by atoms with Crippen LogP contribution < -0.4 is 31.8 Å². The fraction of sp³-hybridized carbons (Fsp3) is 0.0794. The molecule has 6 heteroatoms. The summed E-state index contributed by atoms with van der Waals surface area (Å²) in [7, 11) is 0. The minimum absolute atomic E-state index is 0.0505. The lowest BCUT2D eigenvalue weighted by Crippen LogP contribution is -2.40. The molecule has 21 aromatic rings. The number of benzene rings is 19. The number of fused-ring (bicyclic) bond motifs is 19. The van der Waals surface area contributed by atoms with Crippen LogP contribution in [0.25, 0.3) is 177 Å². The maximum Gasteiger partial charge on any atom is 0.105 e. The highest BCUT2D eigenvalue weighted by Crippen LogP contribution is 2.51. The van der Waals surface area contributed by atoms with Crippen molar-refractivity contribution < 1.29 is 0 Å². The lowest BCUT2D eigenvalue weighted by Gasteiger charge is -2.37. The molecule has 4 heterocycles. The second kappa shape index (κ2) is 30.9. The highest BCUT2D eigenvalue weighted by molar-refractivity contribution is 6.31. The summed E-state index contributed by atoms with van der Waals surface area (Å²) in [5.41, 5.74) is 34.6. The van der Waals surface area contributed by atoms with Crippen molar-refractivity contribution in [3.63, 3.8) is 0 Å². The Bertz CT molecular complexity index is 8620. The molecule has 0 saturated carbocycles. The van der Waals surface area contributed by atoms with Gasteiger partial charge in [-0.2, -0.15) is 0 Å². The van der Waals surface area contributed by atoms with Gasteiger partial charge in [0.15, 0.2) is 0 Å². The van der Waals surface area contributed by atoms with E-state index in [1.165, 1.54) is 220 Å². The van der Waals surface area contributed by atoms with E-state index in [2.05, 4.69) is 473 Å². The Morgan fingerprint density at radius 3 is 1.64 bits per heavy atom. The number of hydrogen-bond acceptors (Lipinski definition) is 4. The Labute approximate surface area is 766 Å². The van der Waals surface area contributed by atoms with E-state index < -0.39 is 0 Å². The van der Waals surface area contributed by atoms with Crippen LogP contribution in [0.1, 0.15) is 86.5 Å². The van der Waals surface area contributed by atoms with Crippen molar-refractivity contribution in [1.82, 2.24) is 19.8 Å². The number of rotatable bonds is 12. The molecule has 0 radical (unpaired) electrons. The molecule has 0 saturated heterocycles. The molecule has 2 aromatic heterocycles. The topological polar surface area (TPSA) is 58.0 Å². The molecule has 6 nitrogen and oxygen atoms in total. The fourth-order valence-corrected chi connectivity index (χ4v) is 23.7. The van der Waals surface area contributed by atoms with Crippen LogP contribution in [0.4, 0.5) is 11.4 Å². The highest BCUT2D eigenvalue weighted by atomic mass is 15.2. The van der Waals surface area contributed by atoms with Crippen molar-refractivity contribution in [2.45, 2.75) is 43.7 Å². The standard InChI is InChI=1S/C126H90N6/c1-4-28-77(29-5-1)82-37-24-40-89(68-82)123-108-49-20-22-54-113(108)127-125(129-123)106-52-27-39-86-73-94(62-64-97(86)106)132-117-75-111(101-44-15-18-47-104(101)121(117)122-105-48-19-16-45-102(105)112(76-118(122)132)99-51-25-36-80-34-10-12-41-95(80)99)88-59-57-83-66-87(58-56-84(83)67-88)110-74-116-120(103-46-17-14-43-100(103)110)119-98-42-13-11-35-81(98)60-65-115(119)131(116)93-61-63-96-85(72-93)38-26-53-107(96)126-128-114-55-23-21-50-109(114)124(130-126)92-70-90(78-30-6-2-7-31-78)69-91(71-92)79-32-8-3-9-33-79/h1-60,62,64-66,68-76,88,101,111,123-130H,61,63,67H2. The quantitative estimate of drug-likeness (QED) is 0.0985. The molecule has 7 unspecified atom stereocenters. The van der Waals surface area contributed by atoms with Crippen molar-refractivity contribution >= 4 is 127 Å². The summed E-state index contributed by atoms with van der Waals surface area (Å²) < 4.78 is 5.29. The van der Waals surface area contributed by atoms with Crippen LogP contribution in [0.15, 0.2) is 425 Å². The zero-order valence-corrected chi connectivity index (χ0v) is 72.7. The van der Waals surface area contributed by atoms with E-state index in [1.54, 1.807) is 0 Å². The van der Waals surface area contributed by atoms with Gasteiger partial charge in [0, 0.05) is 50.1 Å². The highest BCUT2D eigenvalue weighted by Gasteiger charge is 2.38. The Morgan fingerprint density at radius 1 is 0.311 bits per heavy atom. The van der Waals surface area contributed by atoms with Gasteiger partial charge in [-0.05, 0) is 281 Å². The monoisotopic (exact) mass is 1690 g/mol. The lowest BCUT2D eigenvalue weighted by atomic mass is 9.69. The molecule has 0 spiro atoms. The molecule has 4 N–H and O–H groups in total. The summed E-state index contributed by atoms with van der Waals surface area (Å²) in [5, 5.41) is 35.3. The van der Waals surface area contributed by atoms with E-state index in [0.29, 0.717) is 0 Å². The minimum atomic E-state index is -0.181. The van der Waals surface area contributed by atoms with Crippen molar-refractivity contribution in [1.29, 1.82) is 0 Å². The van der Waals surface area contributed by atoms with E-state index >= 15 is 0 Å². The molecule has 19 aromatic carbocycles. The summed E-state index contributed by atoms with van der Waals surface area (Å²) in [5.74, 6) is 0.463. The van der Waals surface area contributed by atoms with E-state index in [0.717, 1.165) is 36.3 Å². The normalized spacial score (nSPS) is 18.2. The second-order valence-electron chi connectivity index (χ2n) is 36.9. The van der Waals surface area contributed by atoms with Gasteiger partial charge in [-0.25, -0.2) is 0 Å². The van der Waals surface area contributed by atoms with Gasteiger partial charge < -0.3 is 19.8 Å². The van der Waals surface area contributed by atoms with Crippen molar-refractivity contribution in [2.75, 3.05) is 10.6 Å². The number of aromatic nitrogens is 2. The zero-order chi connectivity index (χ0) is 86.6. The number of hydrogen-bond donors (Lipinski definition) is 4. The van der Waals surface area contributed by atoms with Gasteiger partial charge in [-0.3, -0.25) is 10.6 Å². The van der Waals surface area contributed by atoms with E-state index in [-0.39, 0.29) is 42.2 Å². The predicted octanol–water partition coefficient (Wildman–Crippen LogP) is 29.6. The molecule has 4 aliphatic carbocycles. The van der Waals surface area contributed by atoms with Crippen LogP contribution in [0.2, 0.25) is 0 Å². The second-order valence-corrected chi connectivity index (χ2v) is 36.9. The first kappa shape index (κ1) is 76.1. The van der Waals surface area contributed by atoms with Crippen LogP contribution >= 0.6 is 0 Å². The molecule has 624 valence electrons. The van der Waals surface area contributed by atoms with Crippen LogP contribution in [0, 0.1) is 17.8 Å². The number of nitrogens with one attached hydrogen (secondary N) is 4. The molecular formula is C126H90N6. The number of allylic oxidation sites excluding steroid dienone is 6. The van der Waals surface area contributed by atoms with Gasteiger partial charge in [0.2, 0.25) is 0 Å². The van der Waals surface area contributed by atoms with Crippen LogP contribution in [0.5, 0.6) is 0 Å². The Balaban J connectivity index is 0.568. The van der Waals surface area contributed by atoms with Gasteiger partial charge in [0.25, 0.3) is 0 Å². The molecule has 2 aliphatic heterocycles. The fourth-order valence-electron chi connectivity index (χ4n) is 23.7. The van der Waals surface area contributed by atoms with Crippen molar-refractivity contribution in [3.8, 4) is 61.3 Å². The number of anilines is 2. The first-order chi connectivity index (χ1) is 65.4. The molecule has 0 bridgehead atoms. The van der Waals surface area contributed by atoms with Gasteiger partial charge in [0.05, 0.1) is 34.0 Å². The van der Waals surface area contributed by atoms with E-state index in [4.69, 9.17) is 0 Å². The smallest absolute Gasteiger partial charge is 0.105 e. The maximum absolute atomic E-state index is 4.24. The van der Waals surface area contributed by atoms with Gasteiger partial charge in [0.1, 0.15) is 12.3 Å². The largest absolute Gasteiger partial charge is 0.366 e. The summed E-state index contributed by atoms with van der Waals surface area (Å²) in [6, 6.07) is 148. The Kier molecular flexibility index (Phi) is 17.8. The van der Waals surface area contributed by atoms with Gasteiger partial charge in [-0.15, -0.1) is 0 Å². The van der Waals surface area contributed by atoms with Crippen LogP contribution in [-0.2, 0) is 12.8 Å². The van der Waals surface area contributed by atoms with Gasteiger partial charge in [-0.1, -0.05) is 364 Å². The summed E-state index contributed by atoms with van der Waals surface area (Å²) in [4.78, 5) is 0. The minimum Gasteiger partial charge on any atom is -0.366 e. The Morgan fingerprint density at radius 2 is 0.879 bits per heavy atom. The third-order valence-corrected chi connectivity index (χ3v) is 29.7. The summed E-state index contributed by atoms with van der Waals surface area (Å²) in [6.07, 6.45) is 22.1. The summed E-state index contributed by atoms with van der Waals surface area (Å²) >= 11 is 0. The number of nitrogens with zero attached hydrogens (tertiary/aromatic N) is 2. The average Bonchev–Trinajstić information content (AvgIpc) is 1.54. The van der Waals surface area contributed by atoms with E-state index in [1.807, 2.05) is 0 Å². The SMILES string of the molecule is C1=CC2=c3c(n(-c4ccc5c(C6Nc7ccccc7C(c7cccc(-c8ccccc8)c7)N6)cccc5c4)c4cc(-c5cccc6ccccc56)c5ccccc5c34)=CC(C3C=Cc4cc(-c5cc6c(c7ccccc57)c5c7ccccc7ccc5n6C5=Cc6cccc(C7Nc8ccccc8C(c8cc(-c9ccccc9)cc(-c9ccccc9)c8)N7)c6CC5)ccc4C3)C2C=C1. The molecule has 132 heavy (non-hydrogen) atoms. The van der Waals surface area contributed by atoms with Crippen molar-refractivity contribution in [3.05, 3.63) is 491 Å². The summed E-state index contributed by atoms with van der Waals surface area (Å²) in [6.45, 7) is 0. The third kappa shape index (κ3) is 12.5. The van der Waals surface area contributed by atoms with Crippen LogP contribution in [-0.4, -0.2) is 9.13 Å². The molecule has 0 amide bonds. The zero-order valence-electron chi connectivity index (χ0n) is 72.7. The van der Waals surface area contributed by atoms with E-state index in [9.17, 15) is 0 Å². The molecule has 0 fully saturated rings. The van der Waals surface area contributed by atoms with Gasteiger partial charge >= 0.3 is 0 Å². The predicted molar refractivity (Wildman–Crippen MR) is 553 cm³/mol. The van der Waals surface area contributed by atoms with Crippen LogP contribution in [0.3, 0.4) is 0 Å². The molecule has 6 aliphatic rings. The average molecular weight is 1690 g/mol. The lowest BCUT2D eigenvalue weighted by molar-refractivity contribution is 0.440. The molecule has 27 rings (SSSR count). The Hall–Kier alpha value is -16.0. The third-order valence-electron chi connectivity index (χ3n) is 29.7. The van der Waals surface area contributed by atoms with Crippen molar-refractivity contribution in [2.24, 2.45) is 17.8 Å².